The van der Waals surface area contributed by atoms with E-state index in [1.54, 1.807) is 50.3 Å². The van der Waals surface area contributed by atoms with Crippen LogP contribution in [0.5, 0.6) is 5.75 Å². The van der Waals surface area contributed by atoms with Crippen LogP contribution in [-0.2, 0) is 27.2 Å². The number of carboxylic acid groups (broad SMARTS) is 1. The molecule has 0 spiro atoms. The highest BCUT2D eigenvalue weighted by Crippen LogP contribution is 2.29. The molecular formula is C24H26N2O5. The smallest absolute Gasteiger partial charge is 0.333 e. The number of carbonyl (C=O) groups is 2. The zero-order chi connectivity index (χ0) is 22.8. The third kappa shape index (κ3) is 7.89. The molecule has 2 aromatic rings. The predicted molar refractivity (Wildman–Crippen MR) is 118 cm³/mol. The quantitative estimate of drug-likeness (QED) is 0.301. The molecular weight excluding hydrogens is 396 g/mol. The molecule has 2 aromatic carbocycles. The fourth-order valence-electron chi connectivity index (χ4n) is 2.57. The van der Waals surface area contributed by atoms with Crippen molar-refractivity contribution in [3.63, 3.8) is 0 Å². The number of hydrogen-bond donors (Lipinski definition) is 2. The minimum Gasteiger partial charge on any atom is -0.506 e. The Bertz CT molecular complexity index is 1010. The summed E-state index contributed by atoms with van der Waals surface area (Å²) in [6, 6.07) is 12.4. The summed E-state index contributed by atoms with van der Waals surface area (Å²) in [4.78, 5) is 22.2. The normalized spacial score (nSPS) is 11.5. The first kappa shape index (κ1) is 23.5. The summed E-state index contributed by atoms with van der Waals surface area (Å²) in [6.07, 6.45) is 3.44. The third-order valence-corrected chi connectivity index (χ3v) is 4.44. The lowest BCUT2D eigenvalue weighted by Crippen LogP contribution is -2.07. The van der Waals surface area contributed by atoms with E-state index in [0.29, 0.717) is 41.8 Å². The van der Waals surface area contributed by atoms with E-state index in [2.05, 4.69) is 16.8 Å². The van der Waals surface area contributed by atoms with Gasteiger partial charge in [-0.3, -0.25) is 0 Å². The van der Waals surface area contributed by atoms with Crippen molar-refractivity contribution in [1.82, 2.24) is 0 Å². The van der Waals surface area contributed by atoms with Gasteiger partial charge in [-0.1, -0.05) is 30.9 Å². The lowest BCUT2D eigenvalue weighted by Gasteiger charge is -2.05. The molecule has 162 valence electrons. The summed E-state index contributed by atoms with van der Waals surface area (Å²) < 4.78 is 5.08. The van der Waals surface area contributed by atoms with Gasteiger partial charge in [0.15, 0.2) is 0 Å². The van der Waals surface area contributed by atoms with Crippen molar-refractivity contribution >= 4 is 23.3 Å². The zero-order valence-electron chi connectivity index (χ0n) is 17.7. The molecule has 0 radical (unpaired) electrons. The van der Waals surface area contributed by atoms with Gasteiger partial charge in [0, 0.05) is 17.6 Å². The molecule has 7 nitrogen and oxygen atoms in total. The van der Waals surface area contributed by atoms with Crippen molar-refractivity contribution in [3.05, 3.63) is 77.4 Å². The highest BCUT2D eigenvalue weighted by Gasteiger charge is 2.05. The molecule has 0 aliphatic rings. The number of carbonyl (C=O) groups excluding carboxylic acids is 1. The standard InChI is InChI=1S/C24H26N2O5/c1-16(2)24(30)31-14-13-18-7-10-20(11-8-18)25-26-21-15-19(9-12-22(21)27)6-4-5-17(3)23(28)29/h5,7-12,15,27H,1,4,6,13-14H2,2-3H3,(H,28,29)/b17-5+,26-25?. The molecule has 0 saturated carbocycles. The van der Waals surface area contributed by atoms with Crippen LogP contribution in [0.15, 0.2) is 76.5 Å². The lowest BCUT2D eigenvalue weighted by molar-refractivity contribution is -0.138. The summed E-state index contributed by atoms with van der Waals surface area (Å²) >= 11 is 0. The molecule has 0 unspecified atom stereocenters. The second kappa shape index (κ2) is 11.4. The Morgan fingerprint density at radius 2 is 1.71 bits per heavy atom. The molecule has 2 rings (SSSR count). The van der Waals surface area contributed by atoms with Gasteiger partial charge in [-0.25, -0.2) is 9.59 Å². The van der Waals surface area contributed by atoms with Crippen LogP contribution in [0.3, 0.4) is 0 Å². The maximum atomic E-state index is 11.4. The Morgan fingerprint density at radius 3 is 2.35 bits per heavy atom. The largest absolute Gasteiger partial charge is 0.506 e. The van der Waals surface area contributed by atoms with Crippen LogP contribution in [-0.4, -0.2) is 28.8 Å². The van der Waals surface area contributed by atoms with Crippen LogP contribution in [0.2, 0.25) is 0 Å². The van der Waals surface area contributed by atoms with E-state index >= 15 is 0 Å². The molecule has 31 heavy (non-hydrogen) atoms. The molecule has 0 bridgehead atoms. The Morgan fingerprint density at radius 1 is 1.03 bits per heavy atom. The number of hydrogen-bond acceptors (Lipinski definition) is 6. The Balaban J connectivity index is 1.96. The number of azo groups is 1. The number of nitrogens with zero attached hydrogens (tertiary/aromatic N) is 2. The predicted octanol–water partition coefficient (Wildman–Crippen LogP) is 5.43. The van der Waals surface area contributed by atoms with Crippen LogP contribution in [0.1, 0.15) is 31.4 Å². The van der Waals surface area contributed by atoms with Gasteiger partial charge in [0.05, 0.1) is 12.3 Å². The van der Waals surface area contributed by atoms with E-state index < -0.39 is 11.9 Å². The summed E-state index contributed by atoms with van der Waals surface area (Å²) in [5, 5.41) is 27.2. The average Bonchev–Trinajstić information content (AvgIpc) is 2.74. The van der Waals surface area contributed by atoms with Gasteiger partial charge in [0.2, 0.25) is 0 Å². The molecule has 0 atom stereocenters. The van der Waals surface area contributed by atoms with E-state index in [9.17, 15) is 14.7 Å². The number of phenolic OH excluding ortho intramolecular Hbond substituents is 1. The van der Waals surface area contributed by atoms with Crippen molar-refractivity contribution in [2.24, 2.45) is 10.2 Å². The molecule has 0 fully saturated rings. The second-order valence-corrected chi connectivity index (χ2v) is 7.09. The van der Waals surface area contributed by atoms with Crippen LogP contribution in [0, 0.1) is 0 Å². The molecule has 7 heteroatoms. The molecule has 0 aromatic heterocycles. The summed E-state index contributed by atoms with van der Waals surface area (Å²) in [6.45, 7) is 6.97. The van der Waals surface area contributed by atoms with E-state index in [0.717, 1.165) is 11.1 Å². The highest BCUT2D eigenvalue weighted by atomic mass is 16.5. The van der Waals surface area contributed by atoms with E-state index in [1.165, 1.54) is 0 Å². The number of aryl methyl sites for hydroxylation is 1. The van der Waals surface area contributed by atoms with Gasteiger partial charge in [0.25, 0.3) is 0 Å². The third-order valence-electron chi connectivity index (χ3n) is 4.44. The lowest BCUT2D eigenvalue weighted by atomic mass is 10.1. The number of aromatic hydroxyl groups is 1. The number of aliphatic carboxylic acids is 1. The summed E-state index contributed by atoms with van der Waals surface area (Å²) in [7, 11) is 0. The summed E-state index contributed by atoms with van der Waals surface area (Å²) in [5.41, 5.74) is 3.54. The fourth-order valence-corrected chi connectivity index (χ4v) is 2.57. The molecule has 2 N–H and O–H groups in total. The second-order valence-electron chi connectivity index (χ2n) is 7.09. The van der Waals surface area contributed by atoms with Crippen molar-refractivity contribution in [2.45, 2.75) is 33.1 Å². The van der Waals surface area contributed by atoms with Gasteiger partial charge in [-0.05, 0) is 62.1 Å². The molecule has 0 heterocycles. The monoisotopic (exact) mass is 422 g/mol. The van der Waals surface area contributed by atoms with Crippen LogP contribution in [0.25, 0.3) is 0 Å². The number of esters is 1. The van der Waals surface area contributed by atoms with Gasteiger partial charge < -0.3 is 14.9 Å². The summed E-state index contributed by atoms with van der Waals surface area (Å²) in [5.74, 6) is -1.32. The molecule has 0 aliphatic heterocycles. The van der Waals surface area contributed by atoms with E-state index in [-0.39, 0.29) is 12.4 Å². The topological polar surface area (TPSA) is 109 Å². The number of allylic oxidation sites excluding steroid dienone is 1. The van der Waals surface area contributed by atoms with Crippen LogP contribution >= 0.6 is 0 Å². The van der Waals surface area contributed by atoms with Crippen molar-refractivity contribution < 1.29 is 24.5 Å². The van der Waals surface area contributed by atoms with Crippen LogP contribution < -0.4 is 0 Å². The first-order chi connectivity index (χ1) is 14.8. The zero-order valence-corrected chi connectivity index (χ0v) is 17.7. The number of rotatable bonds is 10. The maximum Gasteiger partial charge on any atom is 0.333 e. The number of carboxylic acids is 1. The first-order valence-electron chi connectivity index (χ1n) is 9.81. The number of ether oxygens (including phenoxy) is 1. The van der Waals surface area contributed by atoms with Gasteiger partial charge in [0.1, 0.15) is 11.4 Å². The van der Waals surface area contributed by atoms with Gasteiger partial charge in [-0.2, -0.15) is 5.11 Å². The minimum absolute atomic E-state index is 0.0145. The number of benzene rings is 2. The van der Waals surface area contributed by atoms with Crippen LogP contribution in [0.4, 0.5) is 11.4 Å². The van der Waals surface area contributed by atoms with Crippen molar-refractivity contribution in [1.29, 1.82) is 0 Å². The first-order valence-corrected chi connectivity index (χ1v) is 9.81. The van der Waals surface area contributed by atoms with E-state index in [4.69, 9.17) is 9.84 Å². The Hall–Kier alpha value is -3.74. The molecule has 0 amide bonds. The SMILES string of the molecule is C=C(C)C(=O)OCCc1ccc(N=Nc2cc(CC/C=C(\C)C(=O)O)ccc2O)cc1. The Kier molecular flexibility index (Phi) is 8.69. The van der Waals surface area contributed by atoms with Crippen molar-refractivity contribution in [3.8, 4) is 5.75 Å². The fraction of sp³-hybridized carbons (Fsp3) is 0.250. The average molecular weight is 422 g/mol. The highest BCUT2D eigenvalue weighted by molar-refractivity contribution is 5.87. The molecule has 0 aliphatic carbocycles. The van der Waals surface area contributed by atoms with E-state index in [1.807, 2.05) is 12.1 Å². The Labute approximate surface area is 181 Å². The van der Waals surface area contributed by atoms with Gasteiger partial charge >= 0.3 is 11.9 Å². The maximum absolute atomic E-state index is 11.4. The van der Waals surface area contributed by atoms with Gasteiger partial charge in [-0.15, -0.1) is 5.11 Å². The van der Waals surface area contributed by atoms with Crippen molar-refractivity contribution in [2.75, 3.05) is 6.61 Å². The minimum atomic E-state index is -0.931. The number of phenols is 1. The molecule has 0 saturated heterocycles.